The number of nitrogens with one attached hydrogen (secondary N) is 1. The Hall–Kier alpha value is -3.77. The second-order valence-corrected chi connectivity index (χ2v) is 8.20. The number of amides is 1. The lowest BCUT2D eigenvalue weighted by Gasteiger charge is -2.08. The van der Waals surface area contributed by atoms with Gasteiger partial charge in [-0.25, -0.2) is 4.98 Å². The fourth-order valence-corrected chi connectivity index (χ4v) is 3.91. The molecule has 158 valence electrons. The smallest absolute Gasteiger partial charge is 0.251 e. The van der Waals surface area contributed by atoms with Crippen LogP contribution in [0, 0.1) is 6.92 Å². The van der Waals surface area contributed by atoms with E-state index in [1.165, 1.54) is 0 Å². The van der Waals surface area contributed by atoms with Crippen LogP contribution in [0.15, 0.2) is 73.3 Å². The SMILES string of the molecule is Cc1cnc2ccc(Cc3cc(C(=O)NCc4ccc5ncc(Cl)cn45)ccn3)cc2c1. The number of hydrogen-bond acceptors (Lipinski definition) is 4. The van der Waals surface area contributed by atoms with Crippen molar-refractivity contribution in [3.05, 3.63) is 106 Å². The lowest BCUT2D eigenvalue weighted by atomic mass is 10.0. The first-order valence-corrected chi connectivity index (χ1v) is 10.6. The standard InChI is InChI=1S/C25H20ClN5O/c1-16-8-19-9-17(2-4-23(19)28-12-16)10-21-11-18(6-7-27-21)25(32)30-14-22-3-5-24-29-13-20(26)15-31(22)24/h2-9,11-13,15H,10,14H2,1H3,(H,30,32). The first kappa shape index (κ1) is 20.2. The fourth-order valence-electron chi connectivity index (χ4n) is 3.76. The van der Waals surface area contributed by atoms with E-state index in [1.54, 1.807) is 24.7 Å². The Balaban J connectivity index is 1.31. The minimum Gasteiger partial charge on any atom is -0.346 e. The summed E-state index contributed by atoms with van der Waals surface area (Å²) in [5.41, 5.74) is 6.31. The summed E-state index contributed by atoms with van der Waals surface area (Å²) < 4.78 is 1.87. The van der Waals surface area contributed by atoms with Gasteiger partial charge in [0.1, 0.15) is 5.65 Å². The molecule has 0 aliphatic rings. The number of rotatable bonds is 5. The maximum Gasteiger partial charge on any atom is 0.251 e. The highest BCUT2D eigenvalue weighted by molar-refractivity contribution is 6.30. The second-order valence-electron chi connectivity index (χ2n) is 7.76. The van der Waals surface area contributed by atoms with E-state index in [-0.39, 0.29) is 5.91 Å². The number of nitrogens with zero attached hydrogens (tertiary/aromatic N) is 4. The van der Waals surface area contributed by atoms with Crippen molar-refractivity contribution in [1.82, 2.24) is 24.7 Å². The topological polar surface area (TPSA) is 72.2 Å². The second kappa shape index (κ2) is 8.40. The van der Waals surface area contributed by atoms with E-state index in [0.29, 0.717) is 23.6 Å². The third-order valence-electron chi connectivity index (χ3n) is 5.33. The maximum atomic E-state index is 12.8. The van der Waals surface area contributed by atoms with Gasteiger partial charge < -0.3 is 9.72 Å². The third-order valence-corrected chi connectivity index (χ3v) is 5.53. The van der Waals surface area contributed by atoms with Gasteiger partial charge >= 0.3 is 0 Å². The molecule has 0 aliphatic carbocycles. The van der Waals surface area contributed by atoms with Crippen LogP contribution in [-0.2, 0) is 13.0 Å². The molecule has 0 atom stereocenters. The Labute approximate surface area is 189 Å². The zero-order valence-electron chi connectivity index (χ0n) is 17.4. The van der Waals surface area contributed by atoms with Crippen LogP contribution in [0.25, 0.3) is 16.6 Å². The van der Waals surface area contributed by atoms with Crippen molar-refractivity contribution in [3.8, 4) is 0 Å². The maximum absolute atomic E-state index is 12.8. The Morgan fingerprint density at radius 1 is 1.03 bits per heavy atom. The van der Waals surface area contributed by atoms with Crippen molar-refractivity contribution in [1.29, 1.82) is 0 Å². The monoisotopic (exact) mass is 441 g/mol. The van der Waals surface area contributed by atoms with E-state index in [2.05, 4.69) is 38.5 Å². The Bertz CT molecular complexity index is 1460. The summed E-state index contributed by atoms with van der Waals surface area (Å²) in [6.45, 7) is 2.40. The number of carbonyl (C=O) groups excluding carboxylic acids is 1. The lowest BCUT2D eigenvalue weighted by Crippen LogP contribution is -2.23. The number of aryl methyl sites for hydroxylation is 1. The molecule has 1 N–H and O–H groups in total. The van der Waals surface area contributed by atoms with E-state index >= 15 is 0 Å². The van der Waals surface area contributed by atoms with Crippen molar-refractivity contribution >= 4 is 34.1 Å². The molecular weight excluding hydrogens is 422 g/mol. The van der Waals surface area contributed by atoms with Gasteiger partial charge in [-0.05, 0) is 60.5 Å². The van der Waals surface area contributed by atoms with Gasteiger partial charge in [-0.1, -0.05) is 17.7 Å². The quantitative estimate of drug-likeness (QED) is 0.427. The third kappa shape index (κ3) is 4.18. The molecule has 1 amide bonds. The molecule has 4 aromatic heterocycles. The number of benzene rings is 1. The molecule has 0 fully saturated rings. The summed E-state index contributed by atoms with van der Waals surface area (Å²) >= 11 is 6.05. The van der Waals surface area contributed by atoms with Crippen LogP contribution in [0.3, 0.4) is 0 Å². The molecule has 0 saturated carbocycles. The van der Waals surface area contributed by atoms with Crippen LogP contribution in [-0.4, -0.2) is 25.3 Å². The van der Waals surface area contributed by atoms with E-state index in [1.807, 2.05) is 41.8 Å². The summed E-state index contributed by atoms with van der Waals surface area (Å²) in [5.74, 6) is -0.156. The molecular formula is C25H20ClN5O. The molecule has 32 heavy (non-hydrogen) atoms. The lowest BCUT2D eigenvalue weighted by molar-refractivity contribution is 0.0950. The molecule has 0 unspecified atom stereocenters. The number of aromatic nitrogens is 4. The van der Waals surface area contributed by atoms with Crippen LogP contribution in [0.5, 0.6) is 0 Å². The summed E-state index contributed by atoms with van der Waals surface area (Å²) in [4.78, 5) is 25.9. The van der Waals surface area contributed by atoms with Gasteiger partial charge in [0.05, 0.1) is 17.1 Å². The van der Waals surface area contributed by atoms with E-state index in [9.17, 15) is 4.79 Å². The van der Waals surface area contributed by atoms with Gasteiger partial charge in [0.25, 0.3) is 5.91 Å². The summed E-state index contributed by atoms with van der Waals surface area (Å²) in [5, 5.41) is 4.61. The molecule has 0 spiro atoms. The van der Waals surface area contributed by atoms with Gasteiger partial charge in [0.15, 0.2) is 0 Å². The molecule has 6 nitrogen and oxygen atoms in total. The van der Waals surface area contributed by atoms with E-state index in [0.717, 1.165) is 39.1 Å². The largest absolute Gasteiger partial charge is 0.346 e. The summed E-state index contributed by atoms with van der Waals surface area (Å²) in [6, 6.07) is 15.7. The number of halogens is 1. The normalized spacial score (nSPS) is 11.2. The highest BCUT2D eigenvalue weighted by atomic mass is 35.5. The Morgan fingerprint density at radius 2 is 1.94 bits per heavy atom. The molecule has 5 aromatic rings. The zero-order valence-corrected chi connectivity index (χ0v) is 18.2. The van der Waals surface area contributed by atoms with Gasteiger partial charge in [-0.2, -0.15) is 0 Å². The van der Waals surface area contributed by atoms with Crippen LogP contribution in [0.2, 0.25) is 5.02 Å². The molecule has 5 rings (SSSR count). The van der Waals surface area contributed by atoms with Crippen LogP contribution in [0.4, 0.5) is 0 Å². The van der Waals surface area contributed by atoms with Crippen molar-refractivity contribution in [2.75, 3.05) is 0 Å². The first-order valence-electron chi connectivity index (χ1n) is 10.2. The van der Waals surface area contributed by atoms with Crippen molar-refractivity contribution < 1.29 is 4.79 Å². The number of pyridine rings is 2. The Kier molecular flexibility index (Phi) is 5.29. The highest BCUT2D eigenvalue weighted by Crippen LogP contribution is 2.18. The fraction of sp³-hybridized carbons (Fsp3) is 0.120. The predicted octanol–water partition coefficient (Wildman–Crippen LogP) is 4.76. The predicted molar refractivity (Wildman–Crippen MR) is 125 cm³/mol. The van der Waals surface area contributed by atoms with Crippen LogP contribution >= 0.6 is 11.6 Å². The number of hydrogen-bond donors (Lipinski definition) is 1. The Morgan fingerprint density at radius 3 is 2.84 bits per heavy atom. The zero-order chi connectivity index (χ0) is 22.1. The molecule has 0 saturated heterocycles. The number of fused-ring (bicyclic) bond motifs is 2. The van der Waals surface area contributed by atoms with E-state index < -0.39 is 0 Å². The molecule has 0 radical (unpaired) electrons. The molecule has 1 aromatic carbocycles. The average molecular weight is 442 g/mol. The van der Waals surface area contributed by atoms with Gasteiger partial charge in [0, 0.05) is 53.5 Å². The van der Waals surface area contributed by atoms with Crippen molar-refractivity contribution in [3.63, 3.8) is 0 Å². The average Bonchev–Trinajstić information content (AvgIpc) is 3.19. The van der Waals surface area contributed by atoms with Gasteiger partial charge in [0.2, 0.25) is 0 Å². The van der Waals surface area contributed by atoms with Crippen LogP contribution < -0.4 is 5.32 Å². The van der Waals surface area contributed by atoms with E-state index in [4.69, 9.17) is 11.6 Å². The first-order chi connectivity index (χ1) is 15.5. The van der Waals surface area contributed by atoms with Crippen LogP contribution in [0.1, 0.15) is 32.9 Å². The summed E-state index contributed by atoms with van der Waals surface area (Å²) in [6.07, 6.45) is 7.57. The minimum absolute atomic E-state index is 0.156. The minimum atomic E-state index is -0.156. The molecule has 0 aliphatic heterocycles. The van der Waals surface area contributed by atoms with Crippen molar-refractivity contribution in [2.45, 2.75) is 19.9 Å². The molecule has 4 heterocycles. The summed E-state index contributed by atoms with van der Waals surface area (Å²) in [7, 11) is 0. The highest BCUT2D eigenvalue weighted by Gasteiger charge is 2.10. The number of carbonyl (C=O) groups is 1. The van der Waals surface area contributed by atoms with Gasteiger partial charge in [-0.15, -0.1) is 0 Å². The molecule has 0 bridgehead atoms. The van der Waals surface area contributed by atoms with Crippen molar-refractivity contribution in [2.24, 2.45) is 0 Å². The van der Waals surface area contributed by atoms with Gasteiger partial charge in [-0.3, -0.25) is 14.8 Å². The molecule has 7 heteroatoms.